The van der Waals surface area contributed by atoms with E-state index in [0.29, 0.717) is 51.4 Å². The van der Waals surface area contributed by atoms with E-state index in [9.17, 15) is 14.4 Å². The van der Waals surface area contributed by atoms with Crippen LogP contribution in [0.3, 0.4) is 0 Å². The molecule has 10 nitrogen and oxygen atoms in total. The van der Waals surface area contributed by atoms with Gasteiger partial charge in [0.2, 0.25) is 16.7 Å². The summed E-state index contributed by atoms with van der Waals surface area (Å²) >= 11 is 1.08. The van der Waals surface area contributed by atoms with Gasteiger partial charge in [-0.05, 0) is 50.2 Å². The van der Waals surface area contributed by atoms with Crippen LogP contribution in [0.4, 0.5) is 11.4 Å². The molecule has 2 amide bonds. The summed E-state index contributed by atoms with van der Waals surface area (Å²) in [7, 11) is 0. The van der Waals surface area contributed by atoms with Crippen LogP contribution < -0.4 is 25.0 Å². The summed E-state index contributed by atoms with van der Waals surface area (Å²) in [5.41, 5.74) is 3.06. The predicted octanol–water partition coefficient (Wildman–Crippen LogP) is 4.17. The van der Waals surface area contributed by atoms with Gasteiger partial charge in [-0.1, -0.05) is 47.7 Å². The van der Waals surface area contributed by atoms with Gasteiger partial charge in [0.25, 0.3) is 11.5 Å². The van der Waals surface area contributed by atoms with Gasteiger partial charge in [0, 0.05) is 22.2 Å². The lowest BCUT2D eigenvalue weighted by Gasteiger charge is -2.16. The Kier molecular flexibility index (Phi) is 6.09. The molecule has 0 unspecified atom stereocenters. The van der Waals surface area contributed by atoms with Crippen molar-refractivity contribution in [2.24, 2.45) is 0 Å². The molecule has 3 aromatic heterocycles. The second kappa shape index (κ2) is 9.96. The largest absolute Gasteiger partial charge is 0.494 e. The SMILES string of the molecule is CCOc1ccc(NC(=O)CN2C(=O)C(=c3sc4nc(-c5oc6ccccc6c5C)nn4c3=O)c3ccccc32)cc1. The van der Waals surface area contributed by atoms with Crippen molar-refractivity contribution in [3.8, 4) is 17.3 Å². The smallest absolute Gasteiger partial charge is 0.291 e. The molecule has 1 aliphatic heterocycles. The van der Waals surface area contributed by atoms with Crippen LogP contribution in [0.1, 0.15) is 18.1 Å². The molecule has 0 atom stereocenters. The average molecular weight is 578 g/mol. The highest BCUT2D eigenvalue weighted by Crippen LogP contribution is 2.35. The van der Waals surface area contributed by atoms with E-state index in [1.54, 1.807) is 48.5 Å². The van der Waals surface area contributed by atoms with Gasteiger partial charge >= 0.3 is 0 Å². The molecule has 6 aromatic rings. The van der Waals surface area contributed by atoms with Crippen LogP contribution in [0.25, 0.3) is 33.1 Å². The van der Waals surface area contributed by atoms with Crippen molar-refractivity contribution in [2.45, 2.75) is 13.8 Å². The number of thiazole rings is 1. The summed E-state index contributed by atoms with van der Waals surface area (Å²) in [4.78, 5) is 46.6. The fraction of sp³-hybridized carbons (Fsp3) is 0.129. The third-order valence-electron chi connectivity index (χ3n) is 7.11. The average Bonchev–Trinajstić information content (AvgIpc) is 3.71. The predicted molar refractivity (Wildman–Crippen MR) is 160 cm³/mol. The van der Waals surface area contributed by atoms with Crippen LogP contribution in [0.5, 0.6) is 5.75 Å². The maximum absolute atomic E-state index is 13.7. The molecule has 0 saturated heterocycles. The Morgan fingerprint density at radius 2 is 1.79 bits per heavy atom. The number of carbonyl (C=O) groups is 2. The number of furan rings is 1. The third-order valence-corrected chi connectivity index (χ3v) is 8.13. The van der Waals surface area contributed by atoms with Gasteiger partial charge in [0.05, 0.1) is 17.9 Å². The highest BCUT2D eigenvalue weighted by atomic mass is 32.1. The molecule has 0 spiro atoms. The summed E-state index contributed by atoms with van der Waals surface area (Å²) in [5, 5.41) is 8.21. The molecule has 0 bridgehead atoms. The molecular weight excluding hydrogens is 554 g/mol. The number of carbonyl (C=O) groups excluding carboxylic acids is 2. The first-order valence-electron chi connectivity index (χ1n) is 13.3. The minimum Gasteiger partial charge on any atom is -0.494 e. The highest BCUT2D eigenvalue weighted by Gasteiger charge is 2.35. The number of aromatic nitrogens is 3. The molecule has 1 aliphatic rings. The number of ether oxygens (including phenoxy) is 1. The Morgan fingerprint density at radius 3 is 2.55 bits per heavy atom. The zero-order chi connectivity index (χ0) is 29.0. The summed E-state index contributed by atoms with van der Waals surface area (Å²) in [6.45, 7) is 4.13. The van der Waals surface area contributed by atoms with E-state index < -0.39 is 11.5 Å². The van der Waals surface area contributed by atoms with E-state index in [1.165, 1.54) is 9.42 Å². The fourth-order valence-corrected chi connectivity index (χ4v) is 6.17. The monoisotopic (exact) mass is 577 g/mol. The van der Waals surface area contributed by atoms with Gasteiger partial charge in [-0.15, -0.1) is 5.10 Å². The summed E-state index contributed by atoms with van der Waals surface area (Å²) < 4.78 is 12.8. The minimum atomic E-state index is -0.457. The van der Waals surface area contributed by atoms with E-state index in [0.717, 1.165) is 22.3 Å². The lowest BCUT2D eigenvalue weighted by atomic mass is 10.1. The van der Waals surface area contributed by atoms with Crippen LogP contribution in [0.2, 0.25) is 0 Å². The number of aryl methyl sites for hydroxylation is 1. The van der Waals surface area contributed by atoms with Crippen LogP contribution in [0.15, 0.2) is 82.0 Å². The highest BCUT2D eigenvalue weighted by molar-refractivity contribution is 7.15. The van der Waals surface area contributed by atoms with E-state index in [1.807, 2.05) is 38.1 Å². The number of hydrogen-bond donors (Lipinski definition) is 1. The van der Waals surface area contributed by atoms with Gasteiger partial charge in [-0.2, -0.15) is 9.50 Å². The standard InChI is InChI=1S/C31H23N5O5S/c1-3-40-19-14-12-18(13-15-19)32-24(37)16-35-22-10-6-4-9-21(22)25(29(35)38)27-30(39)36-31(42-27)33-28(34-36)26-17(2)20-8-5-7-11-23(20)41-26/h4-15H,3,16H2,1-2H3,(H,32,37). The minimum absolute atomic E-state index is 0.213. The third kappa shape index (κ3) is 4.13. The number of fused-ring (bicyclic) bond motifs is 3. The van der Waals surface area contributed by atoms with E-state index in [4.69, 9.17) is 9.15 Å². The molecule has 0 radical (unpaired) electrons. The number of benzene rings is 3. The van der Waals surface area contributed by atoms with Crippen molar-refractivity contribution < 1.29 is 18.7 Å². The summed E-state index contributed by atoms with van der Waals surface area (Å²) in [6.07, 6.45) is 0. The van der Waals surface area contributed by atoms with Crippen LogP contribution >= 0.6 is 11.3 Å². The second-order valence-corrected chi connectivity index (χ2v) is 10.7. The quantitative estimate of drug-likeness (QED) is 0.316. The number of anilines is 2. The molecule has 7 rings (SSSR count). The van der Waals surface area contributed by atoms with Gasteiger partial charge in [0.1, 0.15) is 22.4 Å². The van der Waals surface area contributed by atoms with Crippen molar-refractivity contribution in [3.63, 3.8) is 0 Å². The van der Waals surface area contributed by atoms with Crippen molar-refractivity contribution >= 4 is 56.0 Å². The van der Waals surface area contributed by atoms with E-state index in [-0.39, 0.29) is 22.6 Å². The topological polar surface area (TPSA) is 119 Å². The van der Waals surface area contributed by atoms with Crippen LogP contribution in [-0.2, 0) is 9.59 Å². The zero-order valence-corrected chi connectivity index (χ0v) is 23.4. The first kappa shape index (κ1) is 25.7. The maximum atomic E-state index is 13.7. The normalized spacial score (nSPS) is 14.1. The maximum Gasteiger partial charge on any atom is 0.291 e. The number of nitrogens with zero attached hydrogens (tertiary/aromatic N) is 4. The lowest BCUT2D eigenvalue weighted by Crippen LogP contribution is -2.37. The van der Waals surface area contributed by atoms with Crippen molar-refractivity contribution in [2.75, 3.05) is 23.4 Å². The van der Waals surface area contributed by atoms with E-state index in [2.05, 4.69) is 15.4 Å². The number of para-hydroxylation sites is 2. The molecule has 42 heavy (non-hydrogen) atoms. The Hall–Kier alpha value is -5.29. The van der Waals surface area contributed by atoms with Gasteiger partial charge < -0.3 is 14.5 Å². The Bertz CT molecular complexity index is 2140. The molecule has 0 saturated carbocycles. The van der Waals surface area contributed by atoms with Crippen molar-refractivity contribution in [3.05, 3.63) is 98.8 Å². The Labute approximate surface area is 242 Å². The van der Waals surface area contributed by atoms with Gasteiger partial charge in [-0.25, -0.2) is 0 Å². The second-order valence-electron chi connectivity index (χ2n) is 9.71. The number of amides is 2. The molecule has 4 heterocycles. The lowest BCUT2D eigenvalue weighted by molar-refractivity contribution is -0.118. The summed E-state index contributed by atoms with van der Waals surface area (Å²) in [5.74, 6) is 0.679. The zero-order valence-electron chi connectivity index (χ0n) is 22.6. The first-order chi connectivity index (χ1) is 20.4. The van der Waals surface area contributed by atoms with Crippen LogP contribution in [0, 0.1) is 6.92 Å². The number of rotatable bonds is 6. The Balaban J connectivity index is 1.23. The molecule has 0 aliphatic carbocycles. The number of nitrogens with one attached hydrogen (secondary N) is 1. The van der Waals surface area contributed by atoms with Gasteiger partial charge in [-0.3, -0.25) is 19.3 Å². The first-order valence-corrected chi connectivity index (χ1v) is 14.1. The van der Waals surface area contributed by atoms with Crippen molar-refractivity contribution in [1.82, 2.24) is 14.6 Å². The fourth-order valence-electron chi connectivity index (χ4n) is 5.17. The Morgan fingerprint density at radius 1 is 1.02 bits per heavy atom. The van der Waals surface area contributed by atoms with E-state index >= 15 is 0 Å². The molecule has 1 N–H and O–H groups in total. The van der Waals surface area contributed by atoms with Gasteiger partial charge in [0.15, 0.2) is 5.76 Å². The molecular formula is C31H23N5O5S. The van der Waals surface area contributed by atoms with Crippen LogP contribution in [-0.4, -0.2) is 39.6 Å². The molecule has 208 valence electrons. The molecule has 0 fully saturated rings. The summed E-state index contributed by atoms with van der Waals surface area (Å²) in [6, 6.07) is 21.7. The number of hydrogen-bond acceptors (Lipinski definition) is 8. The molecule has 11 heteroatoms. The molecule has 3 aromatic carbocycles. The van der Waals surface area contributed by atoms with Crippen molar-refractivity contribution in [1.29, 1.82) is 0 Å².